The molecule has 3 rings (SSSR count). The average molecular weight is 487 g/mol. The lowest BCUT2D eigenvalue weighted by Crippen LogP contribution is -2.45. The Morgan fingerprint density at radius 3 is 2.78 bits per heavy atom. The highest BCUT2D eigenvalue weighted by atomic mass is 127. The Balaban J connectivity index is 0.00000261. The molecule has 2 aliphatic rings. The summed E-state index contributed by atoms with van der Waals surface area (Å²) in [7, 11) is 1.74. The molecule has 0 spiro atoms. The van der Waals surface area contributed by atoms with Crippen LogP contribution < -0.4 is 10.5 Å². The molecular formula is C21H34IN3O2. The standard InChI is InChI=1S/C21H33N3O2.HI/c1-16-6-7-19(25-3)18(13-16)21(8-11-26-12-9-21)15-23-20(22)24-10-4-5-17(2)14-24;/h6-7,13,17H,4-5,8-12,14-15H2,1-3H3,(H2,22,23);1H. The predicted octanol–water partition coefficient (Wildman–Crippen LogP) is 3.72. The van der Waals surface area contributed by atoms with Crippen LogP contribution >= 0.6 is 24.0 Å². The molecule has 5 nitrogen and oxygen atoms in total. The number of hydrogen-bond acceptors (Lipinski definition) is 3. The van der Waals surface area contributed by atoms with E-state index in [1.807, 2.05) is 0 Å². The summed E-state index contributed by atoms with van der Waals surface area (Å²) in [6, 6.07) is 6.42. The van der Waals surface area contributed by atoms with Crippen LogP contribution in [0.4, 0.5) is 0 Å². The Bertz CT molecular complexity index is 644. The fourth-order valence-corrected chi connectivity index (χ4v) is 4.24. The highest BCUT2D eigenvalue weighted by molar-refractivity contribution is 14.0. The van der Waals surface area contributed by atoms with Gasteiger partial charge in [-0.2, -0.15) is 0 Å². The van der Waals surface area contributed by atoms with E-state index in [9.17, 15) is 0 Å². The highest BCUT2D eigenvalue weighted by Crippen LogP contribution is 2.40. The Hall–Kier alpha value is -1.02. The first-order valence-corrected chi connectivity index (χ1v) is 9.82. The van der Waals surface area contributed by atoms with E-state index in [4.69, 9.17) is 20.2 Å². The third-order valence-electron chi connectivity index (χ3n) is 5.90. The van der Waals surface area contributed by atoms with E-state index < -0.39 is 0 Å². The summed E-state index contributed by atoms with van der Waals surface area (Å²) < 4.78 is 11.3. The van der Waals surface area contributed by atoms with E-state index in [1.165, 1.54) is 24.0 Å². The highest BCUT2D eigenvalue weighted by Gasteiger charge is 2.37. The van der Waals surface area contributed by atoms with Crippen molar-refractivity contribution >= 4 is 29.9 Å². The molecule has 1 atom stereocenters. The van der Waals surface area contributed by atoms with Crippen molar-refractivity contribution in [1.82, 2.24) is 4.90 Å². The minimum atomic E-state index is -0.0678. The number of aryl methyl sites for hydroxylation is 1. The second kappa shape index (κ2) is 9.96. The van der Waals surface area contributed by atoms with Gasteiger partial charge in [-0.05, 0) is 44.6 Å². The maximum atomic E-state index is 6.38. The molecular weight excluding hydrogens is 453 g/mol. The van der Waals surface area contributed by atoms with Gasteiger partial charge in [-0.3, -0.25) is 4.99 Å². The Morgan fingerprint density at radius 1 is 1.37 bits per heavy atom. The van der Waals surface area contributed by atoms with Gasteiger partial charge in [-0.15, -0.1) is 24.0 Å². The van der Waals surface area contributed by atoms with Crippen LogP contribution in [0.15, 0.2) is 23.2 Å². The monoisotopic (exact) mass is 487 g/mol. The van der Waals surface area contributed by atoms with Crippen molar-refractivity contribution < 1.29 is 9.47 Å². The molecule has 1 aromatic rings. The van der Waals surface area contributed by atoms with Crippen LogP contribution in [0.1, 0.15) is 43.7 Å². The van der Waals surface area contributed by atoms with Crippen molar-refractivity contribution in [2.24, 2.45) is 16.6 Å². The summed E-state index contributed by atoms with van der Waals surface area (Å²) >= 11 is 0. The van der Waals surface area contributed by atoms with Gasteiger partial charge in [-0.25, -0.2) is 0 Å². The van der Waals surface area contributed by atoms with Gasteiger partial charge in [0, 0.05) is 37.3 Å². The molecule has 0 bridgehead atoms. The molecule has 27 heavy (non-hydrogen) atoms. The number of aliphatic imine (C=N–C) groups is 1. The number of ether oxygens (including phenoxy) is 2. The van der Waals surface area contributed by atoms with Crippen LogP contribution in [0.2, 0.25) is 0 Å². The number of halogens is 1. The predicted molar refractivity (Wildman–Crippen MR) is 121 cm³/mol. The molecule has 0 amide bonds. The first-order valence-electron chi connectivity index (χ1n) is 9.82. The maximum Gasteiger partial charge on any atom is 0.191 e. The second-order valence-corrected chi connectivity index (χ2v) is 7.96. The van der Waals surface area contributed by atoms with Crippen LogP contribution in [-0.2, 0) is 10.2 Å². The summed E-state index contributed by atoms with van der Waals surface area (Å²) in [4.78, 5) is 7.11. The van der Waals surface area contributed by atoms with Crippen molar-refractivity contribution in [3.05, 3.63) is 29.3 Å². The number of rotatable bonds is 4. The fraction of sp³-hybridized carbons (Fsp3) is 0.667. The Kier molecular flexibility index (Phi) is 8.21. The molecule has 2 heterocycles. The third-order valence-corrected chi connectivity index (χ3v) is 5.90. The smallest absolute Gasteiger partial charge is 0.191 e. The lowest BCUT2D eigenvalue weighted by Gasteiger charge is -2.38. The van der Waals surface area contributed by atoms with Gasteiger partial charge in [0.05, 0.1) is 13.7 Å². The van der Waals surface area contributed by atoms with Crippen molar-refractivity contribution in [2.75, 3.05) is 40.0 Å². The summed E-state index contributed by atoms with van der Waals surface area (Å²) in [6.07, 6.45) is 4.37. The molecule has 2 fully saturated rings. The van der Waals surface area contributed by atoms with Crippen LogP contribution in [0, 0.1) is 12.8 Å². The summed E-state index contributed by atoms with van der Waals surface area (Å²) in [5, 5.41) is 0. The summed E-state index contributed by atoms with van der Waals surface area (Å²) in [5.74, 6) is 2.32. The van der Waals surface area contributed by atoms with Gasteiger partial charge in [0.2, 0.25) is 0 Å². The van der Waals surface area contributed by atoms with Gasteiger partial charge >= 0.3 is 0 Å². The van der Waals surface area contributed by atoms with Crippen LogP contribution in [-0.4, -0.2) is 50.8 Å². The van der Waals surface area contributed by atoms with Crippen molar-refractivity contribution in [1.29, 1.82) is 0 Å². The topological polar surface area (TPSA) is 60.1 Å². The van der Waals surface area contributed by atoms with Crippen LogP contribution in [0.3, 0.4) is 0 Å². The molecule has 152 valence electrons. The number of guanidine groups is 1. The number of likely N-dealkylation sites (tertiary alicyclic amines) is 1. The van der Waals surface area contributed by atoms with Gasteiger partial charge < -0.3 is 20.1 Å². The van der Waals surface area contributed by atoms with Crippen LogP contribution in [0.5, 0.6) is 5.75 Å². The fourth-order valence-electron chi connectivity index (χ4n) is 4.24. The third kappa shape index (κ3) is 5.28. The normalized spacial score (nSPS) is 22.9. The number of piperidine rings is 1. The van der Waals surface area contributed by atoms with E-state index in [1.54, 1.807) is 7.11 Å². The van der Waals surface area contributed by atoms with Crippen LogP contribution in [0.25, 0.3) is 0 Å². The SMILES string of the molecule is COc1ccc(C)cc1C1(CN=C(N)N2CCCC(C)C2)CCOCC1.I. The first-order chi connectivity index (χ1) is 12.5. The van der Waals surface area contributed by atoms with Gasteiger partial charge in [-0.1, -0.05) is 24.6 Å². The molecule has 1 aromatic carbocycles. The molecule has 6 heteroatoms. The summed E-state index contributed by atoms with van der Waals surface area (Å²) in [6.45, 7) is 8.65. The van der Waals surface area contributed by atoms with E-state index in [0.29, 0.717) is 18.4 Å². The Morgan fingerprint density at radius 2 is 2.11 bits per heavy atom. The van der Waals surface area contributed by atoms with E-state index in [0.717, 1.165) is 44.9 Å². The zero-order chi connectivity index (χ0) is 18.6. The van der Waals surface area contributed by atoms with Crippen molar-refractivity contribution in [3.8, 4) is 5.75 Å². The molecule has 0 aromatic heterocycles. The minimum absolute atomic E-state index is 0. The summed E-state index contributed by atoms with van der Waals surface area (Å²) in [5.41, 5.74) is 8.80. The van der Waals surface area contributed by atoms with E-state index >= 15 is 0 Å². The molecule has 0 saturated carbocycles. The zero-order valence-corrected chi connectivity index (χ0v) is 19.2. The van der Waals surface area contributed by atoms with Gasteiger partial charge in [0.15, 0.2) is 5.96 Å². The van der Waals surface area contributed by atoms with E-state index in [-0.39, 0.29) is 29.4 Å². The molecule has 2 N–H and O–H groups in total. The number of hydrogen-bond donors (Lipinski definition) is 1. The first kappa shape index (κ1) is 22.3. The van der Waals surface area contributed by atoms with E-state index in [2.05, 4.69) is 36.9 Å². The number of nitrogens with zero attached hydrogens (tertiary/aromatic N) is 2. The largest absolute Gasteiger partial charge is 0.496 e. The molecule has 2 saturated heterocycles. The molecule has 0 radical (unpaired) electrons. The number of methoxy groups -OCH3 is 1. The molecule has 1 unspecified atom stereocenters. The minimum Gasteiger partial charge on any atom is -0.496 e. The molecule has 2 aliphatic heterocycles. The maximum absolute atomic E-state index is 6.38. The second-order valence-electron chi connectivity index (χ2n) is 7.96. The molecule has 0 aliphatic carbocycles. The lowest BCUT2D eigenvalue weighted by atomic mass is 9.73. The van der Waals surface area contributed by atoms with Crippen molar-refractivity contribution in [3.63, 3.8) is 0 Å². The number of benzene rings is 1. The quantitative estimate of drug-likeness (QED) is 0.400. The zero-order valence-electron chi connectivity index (χ0n) is 16.9. The number of nitrogens with two attached hydrogens (primary N) is 1. The van der Waals surface area contributed by atoms with Gasteiger partial charge in [0.25, 0.3) is 0 Å². The lowest BCUT2D eigenvalue weighted by molar-refractivity contribution is 0.0521. The van der Waals surface area contributed by atoms with Gasteiger partial charge in [0.1, 0.15) is 5.75 Å². The van der Waals surface area contributed by atoms with Crippen molar-refractivity contribution in [2.45, 2.75) is 44.9 Å². The average Bonchev–Trinajstić information content (AvgIpc) is 2.67. The Labute approximate surface area is 180 Å².